The van der Waals surface area contributed by atoms with Crippen molar-refractivity contribution in [3.63, 3.8) is 0 Å². The molecule has 1 atom stereocenters. The van der Waals surface area contributed by atoms with Crippen LogP contribution < -0.4 is 21.5 Å². The van der Waals surface area contributed by atoms with Gasteiger partial charge < -0.3 is 21.5 Å². The molecule has 0 radical (unpaired) electrons. The minimum absolute atomic E-state index is 0.0349. The van der Waals surface area contributed by atoms with E-state index in [1.807, 2.05) is 0 Å². The molecule has 0 aliphatic rings. The van der Waals surface area contributed by atoms with Gasteiger partial charge in [-0.1, -0.05) is 12.1 Å². The Hall–Kier alpha value is -2.22. The molecule has 0 aliphatic heterocycles. The van der Waals surface area contributed by atoms with Gasteiger partial charge in [0.05, 0.1) is 18.2 Å². The summed E-state index contributed by atoms with van der Waals surface area (Å²) >= 11 is 0. The number of ether oxygens (including phenoxy) is 1. The van der Waals surface area contributed by atoms with E-state index < -0.39 is 24.5 Å². The molecular weight excluding hydrogens is 260 g/mol. The lowest BCUT2D eigenvalue weighted by Gasteiger charge is -2.14. The number of nitrogens with two attached hydrogens (primary N) is 2. The third kappa shape index (κ3) is 4.88. The van der Waals surface area contributed by atoms with E-state index in [9.17, 15) is 18.4 Å². The van der Waals surface area contributed by atoms with Crippen LogP contribution in [-0.2, 0) is 9.59 Å². The maximum absolute atomic E-state index is 12.1. The number of benzene rings is 1. The van der Waals surface area contributed by atoms with E-state index in [0.29, 0.717) is 0 Å². The second-order valence-electron chi connectivity index (χ2n) is 3.64. The van der Waals surface area contributed by atoms with Crippen LogP contribution in [0.4, 0.5) is 14.5 Å². The van der Waals surface area contributed by atoms with Crippen LogP contribution in [0.1, 0.15) is 6.42 Å². The molecule has 1 unspecified atom stereocenters. The number of primary amides is 1. The number of hydrogen-bond acceptors (Lipinski definition) is 4. The average Bonchev–Trinajstić information content (AvgIpc) is 2.30. The number of amides is 2. The molecule has 0 heterocycles. The quantitative estimate of drug-likeness (QED) is 0.698. The van der Waals surface area contributed by atoms with Crippen LogP contribution in [0.25, 0.3) is 0 Å². The Balaban J connectivity index is 2.76. The van der Waals surface area contributed by atoms with Crippen molar-refractivity contribution in [2.45, 2.75) is 19.1 Å². The van der Waals surface area contributed by atoms with E-state index in [4.69, 9.17) is 11.5 Å². The monoisotopic (exact) mass is 273 g/mol. The molecule has 6 nitrogen and oxygen atoms in total. The Kier molecular flexibility index (Phi) is 5.19. The van der Waals surface area contributed by atoms with E-state index in [0.717, 1.165) is 0 Å². The number of nitrogens with one attached hydrogen (secondary N) is 1. The van der Waals surface area contributed by atoms with Gasteiger partial charge in [0.2, 0.25) is 11.8 Å². The molecule has 8 heteroatoms. The molecule has 2 amide bonds. The highest BCUT2D eigenvalue weighted by molar-refractivity contribution is 5.98. The first-order valence-electron chi connectivity index (χ1n) is 5.28. The topological polar surface area (TPSA) is 107 Å². The molecule has 0 aromatic heterocycles. The summed E-state index contributed by atoms with van der Waals surface area (Å²) in [7, 11) is 0. The third-order valence-corrected chi connectivity index (χ3v) is 2.12. The van der Waals surface area contributed by atoms with Gasteiger partial charge in [-0.25, -0.2) is 0 Å². The van der Waals surface area contributed by atoms with Crippen LogP contribution in [-0.4, -0.2) is 24.5 Å². The molecule has 0 spiro atoms. The van der Waals surface area contributed by atoms with E-state index in [2.05, 4.69) is 10.1 Å². The van der Waals surface area contributed by atoms with Gasteiger partial charge in [-0.15, -0.1) is 0 Å². The number of hydrogen-bond donors (Lipinski definition) is 3. The SMILES string of the molecule is NC(=O)CC(N)C(=O)Nc1ccccc1OC(F)F. The van der Waals surface area contributed by atoms with E-state index in [1.165, 1.54) is 24.3 Å². The Morgan fingerprint density at radius 1 is 1.32 bits per heavy atom. The van der Waals surface area contributed by atoms with Crippen molar-refractivity contribution < 1.29 is 23.1 Å². The van der Waals surface area contributed by atoms with Gasteiger partial charge in [0.25, 0.3) is 0 Å². The second-order valence-corrected chi connectivity index (χ2v) is 3.64. The van der Waals surface area contributed by atoms with Crippen molar-refractivity contribution in [2.75, 3.05) is 5.32 Å². The number of anilines is 1. The zero-order chi connectivity index (χ0) is 14.4. The van der Waals surface area contributed by atoms with Crippen molar-refractivity contribution in [1.29, 1.82) is 0 Å². The first-order valence-corrected chi connectivity index (χ1v) is 5.28. The maximum atomic E-state index is 12.1. The maximum Gasteiger partial charge on any atom is 0.387 e. The molecule has 1 aromatic rings. The van der Waals surface area contributed by atoms with Gasteiger partial charge in [-0.05, 0) is 12.1 Å². The Bertz CT molecular complexity index is 468. The summed E-state index contributed by atoms with van der Waals surface area (Å²) in [6, 6.07) is 4.47. The largest absolute Gasteiger partial charge is 0.433 e. The summed E-state index contributed by atoms with van der Waals surface area (Å²) in [5.74, 6) is -1.65. The molecule has 0 saturated heterocycles. The average molecular weight is 273 g/mol. The normalized spacial score (nSPS) is 12.0. The first kappa shape index (κ1) is 14.8. The van der Waals surface area contributed by atoms with Gasteiger partial charge in [0, 0.05) is 0 Å². The number of para-hydroxylation sites is 2. The fourth-order valence-electron chi connectivity index (χ4n) is 1.30. The molecule has 19 heavy (non-hydrogen) atoms. The molecule has 1 rings (SSSR count). The fraction of sp³-hybridized carbons (Fsp3) is 0.273. The van der Waals surface area contributed by atoms with Crippen molar-refractivity contribution in [2.24, 2.45) is 11.5 Å². The lowest BCUT2D eigenvalue weighted by molar-refractivity contribution is -0.123. The van der Waals surface area contributed by atoms with Crippen molar-refractivity contribution in [3.05, 3.63) is 24.3 Å². The van der Waals surface area contributed by atoms with Crippen LogP contribution in [0, 0.1) is 0 Å². The zero-order valence-corrected chi connectivity index (χ0v) is 9.81. The van der Waals surface area contributed by atoms with Crippen molar-refractivity contribution in [3.8, 4) is 5.75 Å². The van der Waals surface area contributed by atoms with Gasteiger partial charge >= 0.3 is 6.61 Å². The summed E-state index contributed by atoms with van der Waals surface area (Å²) in [6.07, 6.45) is -0.344. The Morgan fingerprint density at radius 3 is 2.53 bits per heavy atom. The molecule has 0 fully saturated rings. The summed E-state index contributed by atoms with van der Waals surface area (Å²) < 4.78 is 28.5. The predicted octanol–water partition coefficient (Wildman–Crippen LogP) is 0.429. The van der Waals surface area contributed by atoms with Crippen LogP contribution in [0.15, 0.2) is 24.3 Å². The lowest BCUT2D eigenvalue weighted by atomic mass is 10.2. The summed E-state index contributed by atoms with van der Waals surface area (Å²) in [5.41, 5.74) is 10.3. The van der Waals surface area contributed by atoms with Crippen LogP contribution in [0.2, 0.25) is 0 Å². The molecule has 0 bridgehead atoms. The minimum atomic E-state index is -3.02. The zero-order valence-electron chi connectivity index (χ0n) is 9.81. The van der Waals surface area contributed by atoms with Gasteiger partial charge in [0.15, 0.2) is 0 Å². The number of alkyl halides is 2. The van der Waals surface area contributed by atoms with Crippen LogP contribution in [0.5, 0.6) is 5.75 Å². The highest BCUT2D eigenvalue weighted by atomic mass is 19.3. The highest BCUT2D eigenvalue weighted by Gasteiger charge is 2.18. The van der Waals surface area contributed by atoms with E-state index >= 15 is 0 Å². The van der Waals surface area contributed by atoms with Crippen molar-refractivity contribution in [1.82, 2.24) is 0 Å². The Morgan fingerprint density at radius 2 is 1.95 bits per heavy atom. The molecule has 0 aliphatic carbocycles. The van der Waals surface area contributed by atoms with Gasteiger partial charge in [0.1, 0.15) is 5.75 Å². The summed E-state index contributed by atoms with van der Waals surface area (Å²) in [5, 5.41) is 2.29. The van der Waals surface area contributed by atoms with Gasteiger partial charge in [-0.3, -0.25) is 9.59 Å². The lowest BCUT2D eigenvalue weighted by Crippen LogP contribution is -2.39. The molecule has 1 aromatic carbocycles. The Labute approximate surface area is 107 Å². The van der Waals surface area contributed by atoms with Crippen LogP contribution in [0.3, 0.4) is 0 Å². The molecule has 5 N–H and O–H groups in total. The number of carbonyl (C=O) groups excluding carboxylic acids is 2. The smallest absolute Gasteiger partial charge is 0.387 e. The summed E-state index contributed by atoms with van der Waals surface area (Å²) in [6.45, 7) is -3.02. The molecule has 104 valence electrons. The van der Waals surface area contributed by atoms with Gasteiger partial charge in [-0.2, -0.15) is 8.78 Å². The standard InChI is InChI=1S/C11H13F2N3O3/c12-11(13)19-8-4-2-1-3-7(8)16-10(18)6(14)5-9(15)17/h1-4,6,11H,5,14H2,(H2,15,17)(H,16,18). The fourth-order valence-corrected chi connectivity index (χ4v) is 1.30. The minimum Gasteiger partial charge on any atom is -0.433 e. The third-order valence-electron chi connectivity index (χ3n) is 2.12. The van der Waals surface area contributed by atoms with E-state index in [-0.39, 0.29) is 17.9 Å². The van der Waals surface area contributed by atoms with E-state index in [1.54, 1.807) is 0 Å². The first-order chi connectivity index (χ1) is 8.90. The predicted molar refractivity (Wildman–Crippen MR) is 63.5 cm³/mol. The second kappa shape index (κ2) is 6.64. The van der Waals surface area contributed by atoms with Crippen molar-refractivity contribution >= 4 is 17.5 Å². The number of rotatable bonds is 6. The van der Waals surface area contributed by atoms with Crippen LogP contribution >= 0.6 is 0 Å². The molecule has 0 saturated carbocycles. The molecular formula is C11H13F2N3O3. The highest BCUT2D eigenvalue weighted by Crippen LogP contribution is 2.25. The number of halogens is 2. The number of carbonyl (C=O) groups is 2. The summed E-state index contributed by atoms with van der Waals surface area (Å²) in [4.78, 5) is 22.2.